The lowest BCUT2D eigenvalue weighted by Crippen LogP contribution is -2.32. The standard InChI is InChI=1S/C22H19F3N2O4/c1-3-13-27-20(28)18(14-5-9-16(10-6-14)30-4-2)19(21(27)29)26-15-7-11-17(12-8-15)31-22(23,24)25/h3,5-12,26H,1,4,13H2,2H3. The molecule has 0 unspecified atom stereocenters. The van der Waals surface area contributed by atoms with Gasteiger partial charge in [0.2, 0.25) is 0 Å². The lowest BCUT2D eigenvalue weighted by atomic mass is 10.0. The molecule has 2 aromatic carbocycles. The minimum absolute atomic E-state index is 0.0144. The molecule has 162 valence electrons. The van der Waals surface area contributed by atoms with E-state index in [-0.39, 0.29) is 17.8 Å². The third-order valence-corrected chi connectivity index (χ3v) is 4.29. The Balaban J connectivity index is 1.94. The molecule has 0 aromatic heterocycles. The molecule has 1 heterocycles. The Morgan fingerprint density at radius 1 is 1.00 bits per heavy atom. The Labute approximate surface area is 176 Å². The van der Waals surface area contributed by atoms with Crippen LogP contribution in [-0.4, -0.2) is 36.2 Å². The number of hydrogen-bond acceptors (Lipinski definition) is 5. The molecule has 0 saturated carbocycles. The van der Waals surface area contributed by atoms with Crippen LogP contribution in [0.25, 0.3) is 5.57 Å². The second kappa shape index (κ2) is 8.95. The van der Waals surface area contributed by atoms with Crippen LogP contribution >= 0.6 is 0 Å². The predicted octanol–water partition coefficient (Wildman–Crippen LogP) is 4.36. The first kappa shape index (κ1) is 21.9. The smallest absolute Gasteiger partial charge is 0.494 e. The molecule has 2 amide bonds. The maximum atomic E-state index is 12.9. The minimum Gasteiger partial charge on any atom is -0.494 e. The molecule has 0 spiro atoms. The fourth-order valence-electron chi connectivity index (χ4n) is 3.02. The molecule has 1 N–H and O–H groups in total. The lowest BCUT2D eigenvalue weighted by molar-refractivity contribution is -0.274. The number of hydrogen-bond donors (Lipinski definition) is 1. The lowest BCUT2D eigenvalue weighted by Gasteiger charge is -2.13. The summed E-state index contributed by atoms with van der Waals surface area (Å²) in [7, 11) is 0. The third kappa shape index (κ3) is 5.06. The number of ether oxygens (including phenoxy) is 2. The van der Waals surface area contributed by atoms with Crippen molar-refractivity contribution >= 4 is 23.1 Å². The van der Waals surface area contributed by atoms with E-state index < -0.39 is 23.9 Å². The van der Waals surface area contributed by atoms with E-state index in [0.717, 1.165) is 17.0 Å². The summed E-state index contributed by atoms with van der Waals surface area (Å²) >= 11 is 0. The van der Waals surface area contributed by atoms with Crippen molar-refractivity contribution in [3.05, 3.63) is 72.4 Å². The normalized spacial score (nSPS) is 14.1. The zero-order chi connectivity index (χ0) is 22.6. The molecule has 0 atom stereocenters. The van der Waals surface area contributed by atoms with E-state index in [4.69, 9.17) is 4.74 Å². The van der Waals surface area contributed by atoms with Crippen LogP contribution in [0, 0.1) is 0 Å². The van der Waals surface area contributed by atoms with Gasteiger partial charge in [0, 0.05) is 12.2 Å². The van der Waals surface area contributed by atoms with E-state index in [1.54, 1.807) is 24.3 Å². The number of amides is 2. The van der Waals surface area contributed by atoms with Crippen molar-refractivity contribution in [1.29, 1.82) is 0 Å². The molecular formula is C22H19F3N2O4. The van der Waals surface area contributed by atoms with Gasteiger partial charge in [-0.1, -0.05) is 18.2 Å². The predicted molar refractivity (Wildman–Crippen MR) is 108 cm³/mol. The van der Waals surface area contributed by atoms with Gasteiger partial charge in [0.25, 0.3) is 11.8 Å². The fourth-order valence-corrected chi connectivity index (χ4v) is 3.02. The average Bonchev–Trinajstić information content (AvgIpc) is 2.94. The van der Waals surface area contributed by atoms with Crippen LogP contribution in [0.15, 0.2) is 66.9 Å². The van der Waals surface area contributed by atoms with Gasteiger partial charge < -0.3 is 14.8 Å². The Morgan fingerprint density at radius 2 is 1.61 bits per heavy atom. The number of imide groups is 1. The average molecular weight is 432 g/mol. The summed E-state index contributed by atoms with van der Waals surface area (Å²) in [6.45, 7) is 5.90. The van der Waals surface area contributed by atoms with E-state index in [1.807, 2.05) is 6.92 Å². The van der Waals surface area contributed by atoms with Crippen LogP contribution in [-0.2, 0) is 9.59 Å². The zero-order valence-electron chi connectivity index (χ0n) is 16.5. The molecular weight excluding hydrogens is 413 g/mol. The number of carbonyl (C=O) groups excluding carboxylic acids is 2. The first-order valence-corrected chi connectivity index (χ1v) is 9.31. The number of halogens is 3. The molecule has 1 aliphatic heterocycles. The van der Waals surface area contributed by atoms with E-state index in [9.17, 15) is 22.8 Å². The molecule has 0 radical (unpaired) electrons. The summed E-state index contributed by atoms with van der Waals surface area (Å²) in [4.78, 5) is 26.8. The van der Waals surface area contributed by atoms with Gasteiger partial charge in [-0.3, -0.25) is 14.5 Å². The van der Waals surface area contributed by atoms with Gasteiger partial charge in [0.05, 0.1) is 12.2 Å². The van der Waals surface area contributed by atoms with Crippen LogP contribution in [0.5, 0.6) is 11.5 Å². The Bertz CT molecular complexity index is 1010. The molecule has 2 aromatic rings. The quantitative estimate of drug-likeness (QED) is 0.496. The van der Waals surface area contributed by atoms with Gasteiger partial charge in [0.1, 0.15) is 17.2 Å². The molecule has 0 aliphatic carbocycles. The second-order valence-corrected chi connectivity index (χ2v) is 6.41. The summed E-state index contributed by atoms with van der Waals surface area (Å²) in [5.41, 5.74) is 0.966. The first-order chi connectivity index (χ1) is 14.7. The topological polar surface area (TPSA) is 67.9 Å². The minimum atomic E-state index is -4.81. The van der Waals surface area contributed by atoms with E-state index in [0.29, 0.717) is 23.6 Å². The number of benzene rings is 2. The van der Waals surface area contributed by atoms with Crippen LogP contribution in [0.1, 0.15) is 12.5 Å². The summed E-state index contributed by atoms with van der Waals surface area (Å²) in [5.74, 6) is -0.861. The van der Waals surface area contributed by atoms with Crippen molar-refractivity contribution in [3.8, 4) is 11.5 Å². The maximum absolute atomic E-state index is 12.9. The van der Waals surface area contributed by atoms with Crippen LogP contribution in [0.4, 0.5) is 18.9 Å². The van der Waals surface area contributed by atoms with Gasteiger partial charge >= 0.3 is 6.36 Å². The number of carbonyl (C=O) groups is 2. The van der Waals surface area contributed by atoms with Crippen molar-refractivity contribution in [2.45, 2.75) is 13.3 Å². The highest BCUT2D eigenvalue weighted by Crippen LogP contribution is 2.32. The third-order valence-electron chi connectivity index (χ3n) is 4.29. The SMILES string of the molecule is C=CCN1C(=O)C(Nc2ccc(OC(F)(F)F)cc2)=C(c2ccc(OCC)cc2)C1=O. The summed E-state index contributed by atoms with van der Waals surface area (Å²) in [6, 6.07) is 11.5. The Morgan fingerprint density at radius 3 is 2.16 bits per heavy atom. The molecule has 0 saturated heterocycles. The molecule has 1 aliphatic rings. The first-order valence-electron chi connectivity index (χ1n) is 9.31. The largest absolute Gasteiger partial charge is 0.573 e. The fraction of sp³-hybridized carbons (Fsp3) is 0.182. The number of rotatable bonds is 8. The summed E-state index contributed by atoms with van der Waals surface area (Å²) in [5, 5.41) is 2.85. The summed E-state index contributed by atoms with van der Waals surface area (Å²) in [6.07, 6.45) is -3.38. The van der Waals surface area contributed by atoms with E-state index in [2.05, 4.69) is 16.6 Å². The van der Waals surface area contributed by atoms with Gasteiger partial charge in [-0.15, -0.1) is 19.8 Å². The highest BCUT2D eigenvalue weighted by atomic mass is 19.4. The van der Waals surface area contributed by atoms with Gasteiger partial charge in [-0.05, 0) is 48.9 Å². The molecule has 9 heteroatoms. The zero-order valence-corrected chi connectivity index (χ0v) is 16.5. The number of nitrogens with zero attached hydrogens (tertiary/aromatic N) is 1. The molecule has 31 heavy (non-hydrogen) atoms. The Kier molecular flexibility index (Phi) is 6.33. The monoisotopic (exact) mass is 432 g/mol. The second-order valence-electron chi connectivity index (χ2n) is 6.41. The number of alkyl halides is 3. The van der Waals surface area contributed by atoms with Crippen LogP contribution in [0.2, 0.25) is 0 Å². The highest BCUT2D eigenvalue weighted by molar-refractivity contribution is 6.36. The number of nitrogens with one attached hydrogen (secondary N) is 1. The molecule has 0 fully saturated rings. The van der Waals surface area contributed by atoms with Crippen molar-refractivity contribution in [2.24, 2.45) is 0 Å². The maximum Gasteiger partial charge on any atom is 0.573 e. The van der Waals surface area contributed by atoms with Crippen LogP contribution in [0.3, 0.4) is 0 Å². The van der Waals surface area contributed by atoms with Crippen molar-refractivity contribution in [1.82, 2.24) is 4.90 Å². The number of anilines is 1. The van der Waals surface area contributed by atoms with E-state index in [1.165, 1.54) is 18.2 Å². The van der Waals surface area contributed by atoms with Gasteiger partial charge in [-0.2, -0.15) is 0 Å². The van der Waals surface area contributed by atoms with E-state index >= 15 is 0 Å². The molecule has 6 nitrogen and oxygen atoms in total. The highest BCUT2D eigenvalue weighted by Gasteiger charge is 2.38. The molecule has 3 rings (SSSR count). The summed E-state index contributed by atoms with van der Waals surface area (Å²) < 4.78 is 46.3. The van der Waals surface area contributed by atoms with Gasteiger partial charge in [-0.25, -0.2) is 0 Å². The van der Waals surface area contributed by atoms with Crippen molar-refractivity contribution in [3.63, 3.8) is 0 Å². The van der Waals surface area contributed by atoms with Crippen molar-refractivity contribution < 1.29 is 32.2 Å². The Hall–Kier alpha value is -3.75. The van der Waals surface area contributed by atoms with Crippen molar-refractivity contribution in [2.75, 3.05) is 18.5 Å². The van der Waals surface area contributed by atoms with Gasteiger partial charge in [0.15, 0.2) is 0 Å². The van der Waals surface area contributed by atoms with Crippen LogP contribution < -0.4 is 14.8 Å². The molecule has 0 bridgehead atoms.